The lowest BCUT2D eigenvalue weighted by Crippen LogP contribution is -2.20. The van der Waals surface area contributed by atoms with Gasteiger partial charge in [-0.25, -0.2) is 9.37 Å². The molecule has 0 spiro atoms. The smallest absolute Gasteiger partial charge is 0.167 e. The maximum atomic E-state index is 13.1. The monoisotopic (exact) mass is 260 g/mol. The highest BCUT2D eigenvalue weighted by Crippen LogP contribution is 2.23. The molecule has 0 aromatic carbocycles. The molecule has 1 N–H and O–H groups in total. The molecule has 0 aliphatic carbocycles. The lowest BCUT2D eigenvalue weighted by molar-refractivity contribution is 0.111. The van der Waals surface area contributed by atoms with Gasteiger partial charge in [-0.05, 0) is 24.6 Å². The van der Waals surface area contributed by atoms with Crippen LogP contribution in [0, 0.1) is 0 Å². The van der Waals surface area contributed by atoms with Crippen molar-refractivity contribution in [3.8, 4) is 11.3 Å². The number of aldehydes is 1. The molecule has 6 heteroatoms. The number of halogens is 1. The van der Waals surface area contributed by atoms with Crippen LogP contribution in [0.15, 0.2) is 24.4 Å². The van der Waals surface area contributed by atoms with Crippen LogP contribution >= 0.6 is 0 Å². The molecule has 19 heavy (non-hydrogen) atoms. The number of hydrogen-bond donors (Lipinski definition) is 1. The van der Waals surface area contributed by atoms with Gasteiger partial charge in [-0.1, -0.05) is 0 Å². The molecule has 98 valence electrons. The van der Waals surface area contributed by atoms with E-state index >= 15 is 0 Å². The molecule has 1 aliphatic heterocycles. The van der Waals surface area contributed by atoms with Crippen LogP contribution in [0.5, 0.6) is 0 Å². The van der Waals surface area contributed by atoms with Crippen molar-refractivity contribution in [3.05, 3.63) is 30.1 Å². The van der Waals surface area contributed by atoms with Gasteiger partial charge < -0.3 is 4.90 Å². The maximum absolute atomic E-state index is 13.1. The summed E-state index contributed by atoms with van der Waals surface area (Å²) in [6.07, 6.45) is 2.20. The lowest BCUT2D eigenvalue weighted by Gasteiger charge is -2.15. The van der Waals surface area contributed by atoms with Gasteiger partial charge in [0.25, 0.3) is 0 Å². The Morgan fingerprint density at radius 3 is 2.95 bits per heavy atom. The van der Waals surface area contributed by atoms with Gasteiger partial charge in [0.15, 0.2) is 6.29 Å². The minimum absolute atomic E-state index is 0.407. The largest absolute Gasteiger partial charge is 0.354 e. The summed E-state index contributed by atoms with van der Waals surface area (Å²) in [5.41, 5.74) is 1.92. The number of carbonyl (C=O) groups is 1. The zero-order valence-corrected chi connectivity index (χ0v) is 10.2. The van der Waals surface area contributed by atoms with Crippen LogP contribution in [0.25, 0.3) is 11.3 Å². The predicted octanol–water partition coefficient (Wildman–Crippen LogP) is 1.83. The Hall–Kier alpha value is -2.24. The van der Waals surface area contributed by atoms with Crippen molar-refractivity contribution in [2.45, 2.75) is 12.6 Å². The van der Waals surface area contributed by atoms with E-state index in [4.69, 9.17) is 0 Å². The van der Waals surface area contributed by atoms with Crippen molar-refractivity contribution in [3.63, 3.8) is 0 Å². The molecule has 1 fully saturated rings. The second-order valence-corrected chi connectivity index (χ2v) is 4.56. The van der Waals surface area contributed by atoms with Crippen molar-refractivity contribution in [2.75, 3.05) is 18.0 Å². The zero-order valence-electron chi connectivity index (χ0n) is 10.2. The van der Waals surface area contributed by atoms with Crippen molar-refractivity contribution in [1.29, 1.82) is 0 Å². The fraction of sp³-hybridized carbons (Fsp3) is 0.308. The fourth-order valence-corrected chi connectivity index (χ4v) is 2.20. The van der Waals surface area contributed by atoms with E-state index < -0.39 is 6.17 Å². The van der Waals surface area contributed by atoms with Gasteiger partial charge in [0, 0.05) is 18.3 Å². The van der Waals surface area contributed by atoms with E-state index in [0.717, 1.165) is 11.4 Å². The first kappa shape index (κ1) is 11.8. The van der Waals surface area contributed by atoms with Crippen LogP contribution in [0.4, 0.5) is 10.2 Å². The Morgan fingerprint density at radius 2 is 2.37 bits per heavy atom. The lowest BCUT2D eigenvalue weighted by atomic mass is 10.2. The van der Waals surface area contributed by atoms with E-state index in [1.165, 1.54) is 0 Å². The van der Waals surface area contributed by atoms with Gasteiger partial charge in [0.05, 0.1) is 17.9 Å². The molecule has 1 aliphatic rings. The molecule has 3 rings (SSSR count). The number of rotatable bonds is 3. The summed E-state index contributed by atoms with van der Waals surface area (Å²) in [5, 5.41) is 6.65. The zero-order chi connectivity index (χ0) is 13.2. The molecule has 2 aromatic rings. The molecular weight excluding hydrogens is 247 g/mol. The number of nitrogens with one attached hydrogen (secondary N) is 1. The summed E-state index contributed by atoms with van der Waals surface area (Å²) >= 11 is 0. The molecule has 3 heterocycles. The highest BCUT2D eigenvalue weighted by atomic mass is 19.1. The van der Waals surface area contributed by atoms with Crippen LogP contribution in [-0.2, 0) is 0 Å². The van der Waals surface area contributed by atoms with Gasteiger partial charge in [0.1, 0.15) is 12.0 Å². The Balaban J connectivity index is 1.80. The Kier molecular flexibility index (Phi) is 2.98. The molecule has 0 bridgehead atoms. The first-order valence-electron chi connectivity index (χ1n) is 6.12. The van der Waals surface area contributed by atoms with Crippen molar-refractivity contribution >= 4 is 12.1 Å². The number of hydrogen-bond acceptors (Lipinski definition) is 4. The molecule has 0 radical (unpaired) electrons. The van der Waals surface area contributed by atoms with Gasteiger partial charge >= 0.3 is 0 Å². The number of H-pyrrole nitrogens is 1. The average molecular weight is 260 g/mol. The summed E-state index contributed by atoms with van der Waals surface area (Å²) in [7, 11) is 0. The van der Waals surface area contributed by atoms with E-state index in [0.29, 0.717) is 37.2 Å². The van der Waals surface area contributed by atoms with Crippen LogP contribution in [0.2, 0.25) is 0 Å². The van der Waals surface area contributed by atoms with E-state index in [9.17, 15) is 9.18 Å². The van der Waals surface area contributed by atoms with Crippen molar-refractivity contribution in [2.24, 2.45) is 0 Å². The topological polar surface area (TPSA) is 61.9 Å². The molecule has 1 atom stereocenters. The number of aromatic nitrogens is 3. The normalized spacial score (nSPS) is 18.8. The van der Waals surface area contributed by atoms with Gasteiger partial charge in [-0.3, -0.25) is 9.89 Å². The molecule has 5 nitrogen and oxygen atoms in total. The molecule has 2 aromatic heterocycles. The minimum atomic E-state index is -0.761. The number of nitrogens with zero attached hydrogens (tertiary/aromatic N) is 3. The number of carbonyl (C=O) groups excluding carboxylic acids is 1. The third kappa shape index (κ3) is 2.33. The van der Waals surface area contributed by atoms with Gasteiger partial charge in [0.2, 0.25) is 0 Å². The SMILES string of the molecule is O=Cc1cc(-c2ccc(N3CC[C@@H](F)C3)nc2)n[nH]1. The van der Waals surface area contributed by atoms with E-state index in [1.807, 2.05) is 17.0 Å². The summed E-state index contributed by atoms with van der Waals surface area (Å²) in [6, 6.07) is 5.39. The molecular formula is C13H13FN4O. The van der Waals surface area contributed by atoms with Gasteiger partial charge in [-0.15, -0.1) is 0 Å². The maximum Gasteiger partial charge on any atom is 0.167 e. The number of aromatic amines is 1. The molecule has 0 saturated carbocycles. The minimum Gasteiger partial charge on any atom is -0.354 e. The van der Waals surface area contributed by atoms with Crippen LogP contribution < -0.4 is 4.90 Å². The summed E-state index contributed by atoms with van der Waals surface area (Å²) in [6.45, 7) is 1.11. The highest BCUT2D eigenvalue weighted by Gasteiger charge is 2.22. The first-order chi connectivity index (χ1) is 9.26. The molecule has 0 amide bonds. The van der Waals surface area contributed by atoms with Gasteiger partial charge in [-0.2, -0.15) is 5.10 Å². The van der Waals surface area contributed by atoms with E-state index in [2.05, 4.69) is 15.2 Å². The number of anilines is 1. The Morgan fingerprint density at radius 1 is 1.47 bits per heavy atom. The summed E-state index contributed by atoms with van der Waals surface area (Å²) in [4.78, 5) is 16.8. The number of pyridine rings is 1. The second kappa shape index (κ2) is 4.79. The van der Waals surface area contributed by atoms with Crippen molar-refractivity contribution < 1.29 is 9.18 Å². The standard InChI is InChI=1S/C13H13FN4O/c14-10-3-4-18(7-10)13-2-1-9(6-15-13)12-5-11(8-19)16-17-12/h1-2,5-6,8,10H,3-4,7H2,(H,16,17)/t10-/m1/s1. The highest BCUT2D eigenvalue weighted by molar-refractivity contribution is 5.75. The summed E-state index contributed by atoms with van der Waals surface area (Å²) < 4.78 is 13.1. The fourth-order valence-electron chi connectivity index (χ4n) is 2.20. The Bertz CT molecular complexity index is 581. The Labute approximate surface area is 109 Å². The summed E-state index contributed by atoms with van der Waals surface area (Å²) in [5.74, 6) is 0.773. The van der Waals surface area contributed by atoms with E-state index in [1.54, 1.807) is 12.3 Å². The average Bonchev–Trinajstić information content (AvgIpc) is 3.07. The quantitative estimate of drug-likeness (QED) is 0.855. The molecule has 0 unspecified atom stereocenters. The predicted molar refractivity (Wildman–Crippen MR) is 68.9 cm³/mol. The second-order valence-electron chi connectivity index (χ2n) is 4.56. The molecule has 1 saturated heterocycles. The van der Waals surface area contributed by atoms with E-state index in [-0.39, 0.29) is 0 Å². The third-order valence-corrected chi connectivity index (χ3v) is 3.22. The van der Waals surface area contributed by atoms with Crippen LogP contribution in [0.3, 0.4) is 0 Å². The van der Waals surface area contributed by atoms with Crippen molar-refractivity contribution in [1.82, 2.24) is 15.2 Å². The number of alkyl halides is 1. The van der Waals surface area contributed by atoms with Crippen LogP contribution in [-0.4, -0.2) is 40.7 Å². The first-order valence-corrected chi connectivity index (χ1v) is 6.12. The van der Waals surface area contributed by atoms with Crippen LogP contribution in [0.1, 0.15) is 16.9 Å². The third-order valence-electron chi connectivity index (χ3n) is 3.22.